The molecule has 0 saturated carbocycles. The predicted octanol–water partition coefficient (Wildman–Crippen LogP) is 2.10. The SMILES string of the molecule is Cc1ccc(CC2CN(C)C2)cc1. The van der Waals surface area contributed by atoms with E-state index in [1.807, 2.05) is 0 Å². The summed E-state index contributed by atoms with van der Waals surface area (Å²) in [6.07, 6.45) is 1.25. The minimum Gasteiger partial charge on any atom is -0.306 e. The van der Waals surface area contributed by atoms with E-state index in [1.54, 1.807) is 0 Å². The summed E-state index contributed by atoms with van der Waals surface area (Å²) in [6.45, 7) is 4.68. The molecule has 0 bridgehead atoms. The highest BCUT2D eigenvalue weighted by Gasteiger charge is 2.22. The molecule has 1 heteroatoms. The van der Waals surface area contributed by atoms with Gasteiger partial charge in [-0.1, -0.05) is 29.8 Å². The molecule has 0 N–H and O–H groups in total. The fraction of sp³-hybridized carbons (Fsp3) is 0.500. The Morgan fingerprint density at radius 3 is 2.38 bits per heavy atom. The standard InChI is InChI=1S/C12H17N/c1-10-3-5-11(6-4-10)7-12-8-13(2)9-12/h3-6,12H,7-9H2,1-2H3. The fourth-order valence-corrected chi connectivity index (χ4v) is 2.01. The first kappa shape index (κ1) is 8.76. The monoisotopic (exact) mass is 175 g/mol. The molecule has 1 saturated heterocycles. The maximum absolute atomic E-state index is 2.37. The Morgan fingerprint density at radius 2 is 1.85 bits per heavy atom. The number of hydrogen-bond donors (Lipinski definition) is 0. The van der Waals surface area contributed by atoms with Crippen molar-refractivity contribution in [3.63, 3.8) is 0 Å². The van der Waals surface area contributed by atoms with Crippen LogP contribution in [0.1, 0.15) is 11.1 Å². The van der Waals surface area contributed by atoms with Crippen LogP contribution in [0.3, 0.4) is 0 Å². The summed E-state index contributed by atoms with van der Waals surface area (Å²) < 4.78 is 0. The van der Waals surface area contributed by atoms with Crippen molar-refractivity contribution in [1.29, 1.82) is 0 Å². The van der Waals surface area contributed by atoms with Crippen molar-refractivity contribution in [2.75, 3.05) is 20.1 Å². The second-order valence-corrected chi connectivity index (χ2v) is 4.28. The molecule has 2 rings (SSSR count). The van der Waals surface area contributed by atoms with Crippen LogP contribution in [0.15, 0.2) is 24.3 Å². The highest BCUT2D eigenvalue weighted by molar-refractivity contribution is 5.22. The third-order valence-electron chi connectivity index (χ3n) is 2.78. The molecule has 1 aromatic carbocycles. The number of benzene rings is 1. The second kappa shape index (κ2) is 3.51. The lowest BCUT2D eigenvalue weighted by atomic mass is 9.92. The van der Waals surface area contributed by atoms with Gasteiger partial charge in [-0.2, -0.15) is 0 Å². The Bertz CT molecular complexity index is 270. The zero-order chi connectivity index (χ0) is 9.26. The molecule has 0 atom stereocenters. The average Bonchev–Trinajstić information content (AvgIpc) is 2.06. The van der Waals surface area contributed by atoms with Gasteiger partial charge in [0, 0.05) is 13.1 Å². The number of nitrogens with zero attached hydrogens (tertiary/aromatic N) is 1. The minimum atomic E-state index is 0.896. The van der Waals surface area contributed by atoms with Crippen LogP contribution in [0, 0.1) is 12.8 Å². The molecule has 0 spiro atoms. The van der Waals surface area contributed by atoms with Gasteiger partial charge in [-0.05, 0) is 31.9 Å². The van der Waals surface area contributed by atoms with Crippen LogP contribution in [-0.2, 0) is 6.42 Å². The molecule has 1 aliphatic heterocycles. The van der Waals surface area contributed by atoms with Gasteiger partial charge in [-0.3, -0.25) is 0 Å². The van der Waals surface area contributed by atoms with Crippen LogP contribution in [0.5, 0.6) is 0 Å². The van der Waals surface area contributed by atoms with Crippen molar-refractivity contribution in [2.45, 2.75) is 13.3 Å². The smallest absolute Gasteiger partial charge is 0.00222 e. The van der Waals surface area contributed by atoms with E-state index < -0.39 is 0 Å². The molecule has 0 radical (unpaired) electrons. The quantitative estimate of drug-likeness (QED) is 0.665. The van der Waals surface area contributed by atoms with Gasteiger partial charge < -0.3 is 4.90 Å². The third kappa shape index (κ3) is 2.10. The van der Waals surface area contributed by atoms with Crippen LogP contribution >= 0.6 is 0 Å². The van der Waals surface area contributed by atoms with Crippen molar-refractivity contribution in [1.82, 2.24) is 4.90 Å². The van der Waals surface area contributed by atoms with Crippen LogP contribution in [0.25, 0.3) is 0 Å². The van der Waals surface area contributed by atoms with Crippen LogP contribution in [-0.4, -0.2) is 25.0 Å². The summed E-state index contributed by atoms with van der Waals surface area (Å²) in [6, 6.07) is 8.93. The lowest BCUT2D eigenvalue weighted by Gasteiger charge is -2.36. The number of hydrogen-bond acceptors (Lipinski definition) is 1. The van der Waals surface area contributed by atoms with Gasteiger partial charge in [-0.15, -0.1) is 0 Å². The fourth-order valence-electron chi connectivity index (χ4n) is 2.01. The summed E-state index contributed by atoms with van der Waals surface area (Å²) in [5, 5.41) is 0. The molecule has 1 heterocycles. The molecule has 0 unspecified atom stereocenters. The molecule has 1 aromatic rings. The summed E-state index contributed by atoms with van der Waals surface area (Å²) >= 11 is 0. The van der Waals surface area contributed by atoms with E-state index >= 15 is 0 Å². The first-order chi connectivity index (χ1) is 6.24. The zero-order valence-corrected chi connectivity index (χ0v) is 8.46. The Balaban J connectivity index is 1.91. The summed E-state index contributed by atoms with van der Waals surface area (Å²) in [5.74, 6) is 0.896. The van der Waals surface area contributed by atoms with Crippen molar-refractivity contribution < 1.29 is 0 Å². The minimum absolute atomic E-state index is 0.896. The zero-order valence-electron chi connectivity index (χ0n) is 8.46. The largest absolute Gasteiger partial charge is 0.306 e. The molecule has 70 valence electrons. The van der Waals surface area contributed by atoms with Gasteiger partial charge in [0.2, 0.25) is 0 Å². The average molecular weight is 175 g/mol. The van der Waals surface area contributed by atoms with Gasteiger partial charge in [0.1, 0.15) is 0 Å². The van der Waals surface area contributed by atoms with Gasteiger partial charge in [0.25, 0.3) is 0 Å². The van der Waals surface area contributed by atoms with Crippen molar-refractivity contribution in [3.05, 3.63) is 35.4 Å². The van der Waals surface area contributed by atoms with Gasteiger partial charge in [0.15, 0.2) is 0 Å². The van der Waals surface area contributed by atoms with Crippen LogP contribution in [0.2, 0.25) is 0 Å². The topological polar surface area (TPSA) is 3.24 Å². The van der Waals surface area contributed by atoms with Gasteiger partial charge in [0.05, 0.1) is 0 Å². The summed E-state index contributed by atoms with van der Waals surface area (Å²) in [7, 11) is 2.19. The maximum Gasteiger partial charge on any atom is 0.00222 e. The molecule has 1 fully saturated rings. The number of likely N-dealkylation sites (tertiary alicyclic amines) is 1. The van der Waals surface area contributed by atoms with E-state index in [2.05, 4.69) is 43.1 Å². The Kier molecular flexibility index (Phi) is 2.36. The number of aryl methyl sites for hydroxylation is 1. The molecule has 0 aliphatic carbocycles. The Hall–Kier alpha value is -0.820. The third-order valence-corrected chi connectivity index (χ3v) is 2.78. The summed E-state index contributed by atoms with van der Waals surface area (Å²) in [4.78, 5) is 2.37. The van der Waals surface area contributed by atoms with Crippen molar-refractivity contribution >= 4 is 0 Å². The Morgan fingerprint density at radius 1 is 1.23 bits per heavy atom. The molecule has 0 amide bonds. The molecule has 1 aliphatic rings. The van der Waals surface area contributed by atoms with Crippen molar-refractivity contribution in [2.24, 2.45) is 5.92 Å². The first-order valence-electron chi connectivity index (χ1n) is 4.98. The molecular formula is C12H17N. The van der Waals surface area contributed by atoms with Crippen LogP contribution in [0.4, 0.5) is 0 Å². The molecule has 13 heavy (non-hydrogen) atoms. The van der Waals surface area contributed by atoms with Gasteiger partial charge >= 0.3 is 0 Å². The number of rotatable bonds is 2. The van der Waals surface area contributed by atoms with E-state index in [0.29, 0.717) is 0 Å². The molecular weight excluding hydrogens is 158 g/mol. The second-order valence-electron chi connectivity index (χ2n) is 4.28. The molecule has 0 aromatic heterocycles. The molecule has 1 nitrogen and oxygen atoms in total. The van der Waals surface area contributed by atoms with E-state index in [-0.39, 0.29) is 0 Å². The summed E-state index contributed by atoms with van der Waals surface area (Å²) in [5.41, 5.74) is 2.85. The highest BCUT2D eigenvalue weighted by Crippen LogP contribution is 2.18. The van der Waals surface area contributed by atoms with E-state index in [1.165, 1.54) is 30.6 Å². The predicted molar refractivity (Wildman–Crippen MR) is 55.9 cm³/mol. The van der Waals surface area contributed by atoms with Crippen LogP contribution < -0.4 is 0 Å². The van der Waals surface area contributed by atoms with E-state index in [4.69, 9.17) is 0 Å². The van der Waals surface area contributed by atoms with Crippen molar-refractivity contribution in [3.8, 4) is 0 Å². The lowest BCUT2D eigenvalue weighted by Crippen LogP contribution is -2.44. The lowest BCUT2D eigenvalue weighted by molar-refractivity contribution is 0.134. The normalized spacial score (nSPS) is 18.6. The van der Waals surface area contributed by atoms with E-state index in [0.717, 1.165) is 5.92 Å². The Labute approximate surface area is 80.4 Å². The van der Waals surface area contributed by atoms with Gasteiger partial charge in [-0.25, -0.2) is 0 Å². The first-order valence-corrected chi connectivity index (χ1v) is 4.98. The van der Waals surface area contributed by atoms with E-state index in [9.17, 15) is 0 Å². The maximum atomic E-state index is 2.37. The highest BCUT2D eigenvalue weighted by atomic mass is 15.2.